The first-order valence-corrected chi connectivity index (χ1v) is 15.5. The van der Waals surface area contributed by atoms with Crippen LogP contribution in [0.4, 0.5) is 0 Å². The number of hydrogen-bond acceptors (Lipinski definition) is 4. The third-order valence-corrected chi connectivity index (χ3v) is 8.10. The van der Waals surface area contributed by atoms with Crippen LogP contribution in [0.3, 0.4) is 0 Å². The van der Waals surface area contributed by atoms with Crippen molar-refractivity contribution in [3.8, 4) is 67.5 Å². The smallest absolute Gasteiger partial charge is 0.164 e. The van der Waals surface area contributed by atoms with Gasteiger partial charge in [0, 0.05) is 27.5 Å². The highest BCUT2D eigenvalue weighted by Crippen LogP contribution is 2.35. The van der Waals surface area contributed by atoms with Crippen molar-refractivity contribution in [2.75, 3.05) is 0 Å². The zero-order valence-corrected chi connectivity index (χ0v) is 25.6. The minimum Gasteiger partial charge on any atom is -0.456 e. The molecule has 0 saturated heterocycles. The van der Waals surface area contributed by atoms with Crippen LogP contribution >= 0.6 is 0 Å². The number of fused-ring (bicyclic) bond motifs is 3. The van der Waals surface area contributed by atoms with Gasteiger partial charge in [-0.05, 0) is 63.6 Å². The van der Waals surface area contributed by atoms with Gasteiger partial charge in [0.15, 0.2) is 17.5 Å². The maximum absolute atomic E-state index is 9.43. The Morgan fingerprint density at radius 3 is 1.53 bits per heavy atom. The lowest BCUT2D eigenvalue weighted by Gasteiger charge is -2.10. The first kappa shape index (κ1) is 19.2. The molecule has 0 aliphatic rings. The fourth-order valence-corrected chi connectivity index (χ4v) is 5.65. The van der Waals surface area contributed by atoms with Crippen LogP contribution in [-0.4, -0.2) is 15.0 Å². The van der Waals surface area contributed by atoms with Crippen LogP contribution < -0.4 is 0 Å². The molecular formula is C45H29N3O. The molecule has 0 bridgehead atoms. The quantitative estimate of drug-likeness (QED) is 0.182. The van der Waals surface area contributed by atoms with Gasteiger partial charge in [-0.15, -0.1) is 0 Å². The van der Waals surface area contributed by atoms with Crippen molar-refractivity contribution in [3.63, 3.8) is 0 Å². The first-order chi connectivity index (χ1) is 28.8. The lowest BCUT2D eigenvalue weighted by molar-refractivity contribution is 0.669. The van der Waals surface area contributed by atoms with Crippen molar-refractivity contribution < 1.29 is 19.5 Å². The van der Waals surface area contributed by atoms with Crippen LogP contribution in [0.1, 0.15) is 15.1 Å². The molecule has 0 unspecified atom stereocenters. The molecule has 0 N–H and O–H groups in total. The van der Waals surface area contributed by atoms with E-state index in [0.29, 0.717) is 11.1 Å². The maximum Gasteiger partial charge on any atom is 0.164 e. The van der Waals surface area contributed by atoms with E-state index in [1.54, 1.807) is 0 Å². The summed E-state index contributed by atoms with van der Waals surface area (Å²) < 4.78 is 102. The molecule has 7 aromatic carbocycles. The van der Waals surface area contributed by atoms with E-state index >= 15 is 0 Å². The van der Waals surface area contributed by atoms with Crippen LogP contribution in [0.25, 0.3) is 89.5 Å². The Kier molecular flexibility index (Phi) is 4.78. The second kappa shape index (κ2) is 12.2. The number of hydrogen-bond donors (Lipinski definition) is 0. The molecule has 0 aliphatic heterocycles. The van der Waals surface area contributed by atoms with Crippen molar-refractivity contribution in [2.24, 2.45) is 0 Å². The molecule has 0 atom stereocenters. The van der Waals surface area contributed by atoms with E-state index in [2.05, 4.69) is 0 Å². The minimum absolute atomic E-state index is 0.101. The van der Waals surface area contributed by atoms with Gasteiger partial charge in [0.1, 0.15) is 11.2 Å². The molecule has 2 aromatic heterocycles. The van der Waals surface area contributed by atoms with Gasteiger partial charge in [0.2, 0.25) is 0 Å². The molecule has 4 nitrogen and oxygen atoms in total. The molecule has 0 spiro atoms. The Morgan fingerprint density at radius 1 is 0.367 bits per heavy atom. The summed E-state index contributed by atoms with van der Waals surface area (Å²) in [5, 5.41) is -0.354. The summed E-state index contributed by atoms with van der Waals surface area (Å²) in [4.78, 5) is 14.4. The van der Waals surface area contributed by atoms with Gasteiger partial charge >= 0.3 is 0 Å². The average Bonchev–Trinajstić information content (AvgIpc) is 3.70. The predicted octanol–water partition coefficient (Wildman–Crippen LogP) is 11.8. The van der Waals surface area contributed by atoms with Crippen molar-refractivity contribution in [2.45, 2.75) is 0 Å². The summed E-state index contributed by atoms with van der Waals surface area (Å²) in [6.07, 6.45) is 0. The van der Waals surface area contributed by atoms with E-state index < -0.39 is 77.6 Å². The number of benzene rings is 7. The second-order valence-electron chi connectivity index (χ2n) is 11.2. The number of rotatable bonds is 6. The fraction of sp³-hybridized carbons (Fsp3) is 0. The minimum atomic E-state index is -0.679. The molecule has 2 heterocycles. The number of aromatic nitrogens is 3. The Bertz CT molecular complexity index is 3180. The molecule has 49 heavy (non-hydrogen) atoms. The Morgan fingerprint density at radius 2 is 0.857 bits per heavy atom. The third kappa shape index (κ3) is 5.56. The van der Waals surface area contributed by atoms with Crippen molar-refractivity contribution >= 4 is 21.9 Å². The van der Waals surface area contributed by atoms with Gasteiger partial charge in [-0.2, -0.15) is 0 Å². The Hall–Kier alpha value is -6.65. The molecular weight excluding hydrogens is 599 g/mol. The summed E-state index contributed by atoms with van der Waals surface area (Å²) in [5.74, 6) is 0.369. The van der Waals surface area contributed by atoms with E-state index in [9.17, 15) is 4.11 Å². The fourth-order valence-electron chi connectivity index (χ4n) is 5.65. The van der Waals surface area contributed by atoms with Crippen LogP contribution in [0.2, 0.25) is 0 Å². The lowest BCUT2D eigenvalue weighted by atomic mass is 10.0. The molecule has 0 radical (unpaired) electrons. The molecule has 9 rings (SSSR count). The summed E-state index contributed by atoms with van der Waals surface area (Å²) in [5.41, 5.74) is 3.41. The monoisotopic (exact) mass is 638 g/mol. The zero-order chi connectivity index (χ0) is 42.1. The molecule has 0 amide bonds. The summed E-state index contributed by atoms with van der Waals surface area (Å²) in [7, 11) is 0. The maximum atomic E-state index is 9.43. The van der Waals surface area contributed by atoms with E-state index in [0.717, 1.165) is 22.3 Å². The molecule has 230 valence electrons. The van der Waals surface area contributed by atoms with Crippen molar-refractivity contribution in [3.05, 3.63) is 176 Å². The van der Waals surface area contributed by atoms with E-state index in [4.69, 9.17) is 30.3 Å². The van der Waals surface area contributed by atoms with Gasteiger partial charge in [-0.25, -0.2) is 15.0 Å². The van der Waals surface area contributed by atoms with Crippen molar-refractivity contribution in [1.82, 2.24) is 15.0 Å². The largest absolute Gasteiger partial charge is 0.456 e. The van der Waals surface area contributed by atoms with Crippen molar-refractivity contribution in [1.29, 1.82) is 0 Å². The summed E-state index contributed by atoms with van der Waals surface area (Å²) >= 11 is 0. The third-order valence-electron chi connectivity index (χ3n) is 8.10. The Balaban J connectivity index is 1.28. The molecule has 9 aromatic rings. The van der Waals surface area contributed by atoms with Crippen LogP contribution in [0, 0.1) is 0 Å². The van der Waals surface area contributed by atoms with E-state index in [-0.39, 0.29) is 45.0 Å². The summed E-state index contributed by atoms with van der Waals surface area (Å²) in [6, 6.07) is 28.3. The van der Waals surface area contributed by atoms with Gasteiger partial charge < -0.3 is 4.42 Å². The highest BCUT2D eigenvalue weighted by atomic mass is 16.3. The highest BCUT2D eigenvalue weighted by Gasteiger charge is 2.16. The van der Waals surface area contributed by atoms with Crippen LogP contribution in [0.15, 0.2) is 180 Å². The Labute approximate surface area is 299 Å². The van der Waals surface area contributed by atoms with Crippen LogP contribution in [0.5, 0.6) is 0 Å². The molecule has 0 saturated carbocycles. The predicted molar refractivity (Wildman–Crippen MR) is 200 cm³/mol. The molecule has 0 fully saturated rings. The van der Waals surface area contributed by atoms with Gasteiger partial charge in [-0.3, -0.25) is 0 Å². The van der Waals surface area contributed by atoms with E-state index in [1.165, 1.54) is 0 Å². The second-order valence-corrected chi connectivity index (χ2v) is 11.2. The lowest BCUT2D eigenvalue weighted by Crippen LogP contribution is -2.00. The normalized spacial score (nSPS) is 14.4. The zero-order valence-electron chi connectivity index (χ0n) is 36.6. The van der Waals surface area contributed by atoms with Crippen LogP contribution in [-0.2, 0) is 0 Å². The first-order valence-electron chi connectivity index (χ1n) is 21.0. The van der Waals surface area contributed by atoms with E-state index in [1.807, 2.05) is 109 Å². The molecule has 4 heteroatoms. The summed E-state index contributed by atoms with van der Waals surface area (Å²) in [6.45, 7) is 0. The SMILES string of the molecule is [2H]c1c([2H])c([2H])c(-c2c([2H])c([2H])c3c(oc4c([2H])c(-c5nc(-c6ccc(-c7ccccc7)cc6)nc(-c6cccc(-c7ccccc7)c6)n5)c([2H])c([2H])c43)c2[2H])c([2H])c1[2H]. The topological polar surface area (TPSA) is 51.8 Å². The number of furan rings is 1. The van der Waals surface area contributed by atoms with Gasteiger partial charge in [0.05, 0.1) is 15.1 Å². The standard InChI is InChI=1S/C45H29N3O/c1-4-11-30(12-5-1)33-19-21-34(22-20-33)43-46-44(37-18-10-17-35(27-37)31-13-6-2-7-14-31)48-45(47-43)38-24-26-40-39-25-23-36(32-15-8-3-9-16-32)28-41(39)49-42(40)29-38/h1-29H/i3D,8D,9D,15D,16D,23D,24D,25D,26D,28D,29D. The van der Waals surface area contributed by atoms with Gasteiger partial charge in [0.25, 0.3) is 0 Å². The number of nitrogens with zero attached hydrogens (tertiary/aromatic N) is 3. The highest BCUT2D eigenvalue weighted by molar-refractivity contribution is 6.06. The average molecular weight is 639 g/mol. The molecule has 0 aliphatic carbocycles. The van der Waals surface area contributed by atoms with Gasteiger partial charge in [-0.1, -0.05) is 145 Å².